The van der Waals surface area contributed by atoms with Crippen molar-refractivity contribution in [2.75, 3.05) is 5.73 Å². The van der Waals surface area contributed by atoms with Crippen LogP contribution in [0.25, 0.3) is 0 Å². The van der Waals surface area contributed by atoms with Crippen LogP contribution in [0.1, 0.15) is 24.6 Å². The molecule has 18 heavy (non-hydrogen) atoms. The third-order valence-corrected chi connectivity index (χ3v) is 3.32. The van der Waals surface area contributed by atoms with E-state index in [-0.39, 0.29) is 0 Å². The predicted molar refractivity (Wildman–Crippen MR) is 71.3 cm³/mol. The highest BCUT2D eigenvalue weighted by Gasteiger charge is 2.11. The molecule has 2 aromatic heterocycles. The minimum absolute atomic E-state index is 0.544. The second kappa shape index (κ2) is 5.77. The number of nitrogens with zero attached hydrogens (tertiary/aromatic N) is 4. The van der Waals surface area contributed by atoms with Gasteiger partial charge in [-0.15, -0.1) is 0 Å². The Morgan fingerprint density at radius 3 is 2.83 bits per heavy atom. The van der Waals surface area contributed by atoms with Crippen LogP contribution in [0.15, 0.2) is 28.8 Å². The third kappa shape index (κ3) is 2.95. The number of hydrogen-bond acceptors (Lipinski definition) is 6. The number of aryl methyl sites for hydroxylation is 1. The van der Waals surface area contributed by atoms with Gasteiger partial charge in [-0.3, -0.25) is 0 Å². The first-order chi connectivity index (χ1) is 8.70. The summed E-state index contributed by atoms with van der Waals surface area (Å²) in [7, 11) is 0. The average molecular weight is 261 g/mol. The Balaban J connectivity index is 2.31. The average Bonchev–Trinajstić information content (AvgIpc) is 2.34. The molecule has 6 heteroatoms. The van der Waals surface area contributed by atoms with Crippen molar-refractivity contribution >= 4 is 17.6 Å². The van der Waals surface area contributed by atoms with Crippen molar-refractivity contribution in [3.8, 4) is 0 Å². The van der Waals surface area contributed by atoms with E-state index in [1.807, 2.05) is 13.0 Å². The second-order valence-corrected chi connectivity index (χ2v) is 4.83. The fourth-order valence-corrected chi connectivity index (χ4v) is 2.45. The molecule has 5 nitrogen and oxygen atoms in total. The summed E-state index contributed by atoms with van der Waals surface area (Å²) in [5.74, 6) is 0.544. The molecule has 0 saturated carbocycles. The summed E-state index contributed by atoms with van der Waals surface area (Å²) in [5.41, 5.74) is 7.80. The summed E-state index contributed by atoms with van der Waals surface area (Å²) in [6, 6.07) is 1.87. The zero-order chi connectivity index (χ0) is 13.0. The standard InChI is InChI=1S/C12H15N5S/c1-3-4-9-10(13)15-7-16-11(9)18-12-14-6-5-8(2)17-12/h5-7H,3-4H2,1-2H3,(H2,13,15,16). The Labute approximate surface area is 110 Å². The highest BCUT2D eigenvalue weighted by Crippen LogP contribution is 2.28. The van der Waals surface area contributed by atoms with E-state index in [1.54, 1.807) is 6.20 Å². The van der Waals surface area contributed by atoms with Crippen molar-refractivity contribution in [3.63, 3.8) is 0 Å². The van der Waals surface area contributed by atoms with Crippen LogP contribution in [0.3, 0.4) is 0 Å². The zero-order valence-corrected chi connectivity index (χ0v) is 11.2. The normalized spacial score (nSPS) is 10.6. The van der Waals surface area contributed by atoms with Crippen molar-refractivity contribution in [1.82, 2.24) is 19.9 Å². The Hall–Kier alpha value is -1.69. The lowest BCUT2D eigenvalue weighted by Crippen LogP contribution is -2.02. The van der Waals surface area contributed by atoms with Gasteiger partial charge in [-0.1, -0.05) is 13.3 Å². The molecule has 2 aromatic rings. The first-order valence-electron chi connectivity index (χ1n) is 5.77. The maximum absolute atomic E-state index is 5.89. The second-order valence-electron chi connectivity index (χ2n) is 3.88. The van der Waals surface area contributed by atoms with E-state index in [4.69, 9.17) is 5.73 Å². The van der Waals surface area contributed by atoms with Gasteiger partial charge in [0, 0.05) is 17.5 Å². The number of anilines is 1. The fourth-order valence-electron chi connectivity index (χ4n) is 1.54. The van der Waals surface area contributed by atoms with Gasteiger partial charge in [-0.05, 0) is 31.2 Å². The number of rotatable bonds is 4. The first-order valence-corrected chi connectivity index (χ1v) is 6.59. The lowest BCUT2D eigenvalue weighted by atomic mass is 10.2. The monoisotopic (exact) mass is 261 g/mol. The van der Waals surface area contributed by atoms with E-state index in [0.717, 1.165) is 29.1 Å². The van der Waals surface area contributed by atoms with Gasteiger partial charge >= 0.3 is 0 Å². The quantitative estimate of drug-likeness (QED) is 0.672. The van der Waals surface area contributed by atoms with E-state index in [1.165, 1.54) is 18.1 Å². The summed E-state index contributed by atoms with van der Waals surface area (Å²) in [4.78, 5) is 16.9. The van der Waals surface area contributed by atoms with Gasteiger partial charge in [0.15, 0.2) is 5.16 Å². The predicted octanol–water partition coefficient (Wildman–Crippen LogP) is 2.26. The van der Waals surface area contributed by atoms with Crippen molar-refractivity contribution in [2.24, 2.45) is 0 Å². The molecular formula is C12H15N5S. The van der Waals surface area contributed by atoms with Crippen LogP contribution in [0.2, 0.25) is 0 Å². The van der Waals surface area contributed by atoms with Crippen molar-refractivity contribution < 1.29 is 0 Å². The van der Waals surface area contributed by atoms with Gasteiger partial charge < -0.3 is 5.73 Å². The Kier molecular flexibility index (Phi) is 4.09. The molecular weight excluding hydrogens is 246 g/mol. The first kappa shape index (κ1) is 12.8. The van der Waals surface area contributed by atoms with Gasteiger partial charge in [-0.2, -0.15) is 0 Å². The molecule has 0 fully saturated rings. The topological polar surface area (TPSA) is 77.6 Å². The largest absolute Gasteiger partial charge is 0.383 e. The summed E-state index contributed by atoms with van der Waals surface area (Å²) in [6.45, 7) is 4.04. The van der Waals surface area contributed by atoms with Crippen LogP contribution < -0.4 is 5.73 Å². The SMILES string of the molecule is CCCc1c(N)ncnc1Sc1nccc(C)n1. The molecule has 0 aliphatic heterocycles. The van der Waals surface area contributed by atoms with Crippen LogP contribution in [-0.2, 0) is 6.42 Å². The van der Waals surface area contributed by atoms with Crippen LogP contribution in [0.5, 0.6) is 0 Å². The van der Waals surface area contributed by atoms with Crippen LogP contribution in [0.4, 0.5) is 5.82 Å². The van der Waals surface area contributed by atoms with Crippen LogP contribution in [-0.4, -0.2) is 19.9 Å². The molecule has 0 bridgehead atoms. The third-order valence-electron chi connectivity index (χ3n) is 2.40. The Morgan fingerprint density at radius 2 is 2.11 bits per heavy atom. The lowest BCUT2D eigenvalue weighted by molar-refractivity contribution is 0.855. The summed E-state index contributed by atoms with van der Waals surface area (Å²) < 4.78 is 0. The van der Waals surface area contributed by atoms with Gasteiger partial charge in [-0.25, -0.2) is 19.9 Å². The van der Waals surface area contributed by atoms with Gasteiger partial charge in [0.25, 0.3) is 0 Å². The summed E-state index contributed by atoms with van der Waals surface area (Å²) in [5, 5.41) is 1.53. The van der Waals surface area contributed by atoms with E-state index in [9.17, 15) is 0 Å². The smallest absolute Gasteiger partial charge is 0.194 e. The van der Waals surface area contributed by atoms with E-state index < -0.39 is 0 Å². The van der Waals surface area contributed by atoms with Gasteiger partial charge in [0.2, 0.25) is 0 Å². The van der Waals surface area contributed by atoms with Crippen molar-refractivity contribution in [1.29, 1.82) is 0 Å². The molecule has 0 unspecified atom stereocenters. The van der Waals surface area contributed by atoms with E-state index >= 15 is 0 Å². The molecule has 2 heterocycles. The minimum Gasteiger partial charge on any atom is -0.383 e. The molecule has 0 aliphatic rings. The maximum atomic E-state index is 5.89. The van der Waals surface area contributed by atoms with E-state index in [0.29, 0.717) is 11.0 Å². The molecule has 0 aromatic carbocycles. The molecule has 0 spiro atoms. The zero-order valence-electron chi connectivity index (χ0n) is 10.4. The Morgan fingerprint density at radius 1 is 1.28 bits per heavy atom. The summed E-state index contributed by atoms with van der Waals surface area (Å²) >= 11 is 1.43. The van der Waals surface area contributed by atoms with Crippen LogP contribution in [0, 0.1) is 6.92 Å². The van der Waals surface area contributed by atoms with Crippen molar-refractivity contribution in [2.45, 2.75) is 36.9 Å². The maximum Gasteiger partial charge on any atom is 0.194 e. The van der Waals surface area contributed by atoms with Crippen molar-refractivity contribution in [3.05, 3.63) is 29.8 Å². The van der Waals surface area contributed by atoms with E-state index in [2.05, 4.69) is 26.9 Å². The Bertz CT molecular complexity index is 544. The number of nitrogens with two attached hydrogens (primary N) is 1. The molecule has 0 saturated heterocycles. The molecule has 2 rings (SSSR count). The lowest BCUT2D eigenvalue weighted by Gasteiger charge is -2.08. The number of aromatic nitrogens is 4. The number of nitrogen functional groups attached to an aromatic ring is 1. The van der Waals surface area contributed by atoms with Crippen LogP contribution >= 0.6 is 11.8 Å². The highest BCUT2D eigenvalue weighted by molar-refractivity contribution is 7.99. The van der Waals surface area contributed by atoms with Gasteiger partial charge in [0.1, 0.15) is 17.2 Å². The molecule has 0 aliphatic carbocycles. The minimum atomic E-state index is 0.544. The van der Waals surface area contributed by atoms with Gasteiger partial charge in [0.05, 0.1) is 0 Å². The fraction of sp³-hybridized carbons (Fsp3) is 0.333. The summed E-state index contributed by atoms with van der Waals surface area (Å²) in [6.07, 6.45) is 5.09. The highest BCUT2D eigenvalue weighted by atomic mass is 32.2. The molecule has 94 valence electrons. The molecule has 0 radical (unpaired) electrons. The number of hydrogen-bond donors (Lipinski definition) is 1. The molecule has 0 atom stereocenters. The molecule has 0 amide bonds. The molecule has 2 N–H and O–H groups in total.